The highest BCUT2D eigenvalue weighted by molar-refractivity contribution is 9.10. The van der Waals surface area contributed by atoms with E-state index in [2.05, 4.69) is 21.2 Å². The van der Waals surface area contributed by atoms with Crippen LogP contribution in [0.15, 0.2) is 21.5 Å². The lowest BCUT2D eigenvalue weighted by molar-refractivity contribution is 0.380. The molecule has 0 bridgehead atoms. The van der Waals surface area contributed by atoms with Crippen LogP contribution < -0.4 is 5.32 Å². The Morgan fingerprint density at radius 3 is 2.48 bits per heavy atom. The van der Waals surface area contributed by atoms with Crippen molar-refractivity contribution in [2.75, 3.05) is 13.6 Å². The van der Waals surface area contributed by atoms with Crippen LogP contribution >= 0.6 is 15.9 Å². The molecule has 0 heterocycles. The summed E-state index contributed by atoms with van der Waals surface area (Å²) in [7, 11) is -1.85. The third-order valence-corrected chi connectivity index (χ3v) is 7.04. The first-order chi connectivity index (χ1) is 9.75. The molecular weight excluding hydrogens is 352 g/mol. The van der Waals surface area contributed by atoms with Gasteiger partial charge in [-0.1, -0.05) is 19.9 Å². The number of benzene rings is 1. The third kappa shape index (κ3) is 4.28. The number of nitrogens with one attached hydrogen (secondary N) is 1. The van der Waals surface area contributed by atoms with E-state index in [9.17, 15) is 8.42 Å². The van der Waals surface area contributed by atoms with Crippen molar-refractivity contribution in [3.63, 3.8) is 0 Å². The molecule has 1 aromatic rings. The smallest absolute Gasteiger partial charge is 0.244 e. The molecule has 0 radical (unpaired) electrons. The number of halogens is 1. The molecule has 0 aliphatic heterocycles. The lowest BCUT2D eigenvalue weighted by Gasteiger charge is -2.24. The van der Waals surface area contributed by atoms with E-state index >= 15 is 0 Å². The van der Waals surface area contributed by atoms with Crippen LogP contribution in [0.25, 0.3) is 0 Å². The molecule has 0 aliphatic rings. The van der Waals surface area contributed by atoms with Gasteiger partial charge >= 0.3 is 0 Å². The molecule has 1 unspecified atom stereocenters. The van der Waals surface area contributed by atoms with Crippen LogP contribution in [0.5, 0.6) is 0 Å². The largest absolute Gasteiger partial charge is 0.313 e. The predicted molar refractivity (Wildman–Crippen MR) is 91.0 cm³/mol. The van der Waals surface area contributed by atoms with Crippen molar-refractivity contribution in [1.29, 1.82) is 0 Å². The zero-order valence-electron chi connectivity index (χ0n) is 13.4. The first-order valence-corrected chi connectivity index (χ1v) is 9.46. The summed E-state index contributed by atoms with van der Waals surface area (Å²) < 4.78 is 27.7. The number of sulfonamides is 1. The van der Waals surface area contributed by atoms with Crippen LogP contribution in [0.3, 0.4) is 0 Å². The van der Waals surface area contributed by atoms with Gasteiger partial charge in [0.25, 0.3) is 0 Å². The molecule has 0 spiro atoms. The fourth-order valence-corrected chi connectivity index (χ4v) is 4.48. The van der Waals surface area contributed by atoms with Crippen LogP contribution in [-0.2, 0) is 16.6 Å². The molecule has 1 N–H and O–H groups in total. The highest BCUT2D eigenvalue weighted by Gasteiger charge is 2.27. The normalized spacial score (nSPS) is 13.7. The fourth-order valence-electron chi connectivity index (χ4n) is 2.02. The number of rotatable bonds is 7. The zero-order chi connectivity index (χ0) is 16.2. The molecular formula is C15H25BrN2O2S. The van der Waals surface area contributed by atoms with E-state index in [1.165, 1.54) is 4.31 Å². The topological polar surface area (TPSA) is 49.4 Å². The summed E-state index contributed by atoms with van der Waals surface area (Å²) in [6, 6.07) is 3.74. The van der Waals surface area contributed by atoms with E-state index in [4.69, 9.17) is 0 Å². The Morgan fingerprint density at radius 2 is 1.95 bits per heavy atom. The molecule has 0 aromatic heterocycles. The van der Waals surface area contributed by atoms with Gasteiger partial charge in [-0.25, -0.2) is 8.42 Å². The highest BCUT2D eigenvalue weighted by Crippen LogP contribution is 2.30. The molecule has 0 aliphatic carbocycles. The summed E-state index contributed by atoms with van der Waals surface area (Å²) in [6.45, 7) is 9.37. The second-order valence-electron chi connectivity index (χ2n) is 5.28. The van der Waals surface area contributed by atoms with E-state index in [-0.39, 0.29) is 6.04 Å². The Morgan fingerprint density at radius 1 is 1.33 bits per heavy atom. The third-order valence-electron chi connectivity index (χ3n) is 3.73. The minimum atomic E-state index is -3.49. The maximum atomic E-state index is 12.8. The van der Waals surface area contributed by atoms with Crippen LogP contribution in [0, 0.1) is 6.92 Å². The molecule has 0 fully saturated rings. The van der Waals surface area contributed by atoms with Crippen LogP contribution in [0.4, 0.5) is 0 Å². The lowest BCUT2D eigenvalue weighted by Crippen LogP contribution is -2.35. The Bertz CT molecular complexity index is 588. The summed E-state index contributed by atoms with van der Waals surface area (Å²) in [5.41, 5.74) is 1.91. The molecule has 4 nitrogen and oxygen atoms in total. The monoisotopic (exact) mass is 376 g/mol. The van der Waals surface area contributed by atoms with Crippen LogP contribution in [-0.4, -0.2) is 32.4 Å². The van der Waals surface area contributed by atoms with Gasteiger partial charge in [0.15, 0.2) is 0 Å². The Kier molecular flexibility index (Phi) is 6.84. The summed E-state index contributed by atoms with van der Waals surface area (Å²) in [5.74, 6) is 0. The SMILES string of the molecule is CCNCc1cc(C)c(Br)c(S(=O)(=O)N(C)C(C)CC)c1. The van der Waals surface area contributed by atoms with Crippen LogP contribution in [0.1, 0.15) is 38.3 Å². The molecule has 0 amide bonds. The van der Waals surface area contributed by atoms with Gasteiger partial charge in [-0.05, 0) is 59.9 Å². The van der Waals surface area contributed by atoms with Gasteiger partial charge in [-0.15, -0.1) is 0 Å². The van der Waals surface area contributed by atoms with E-state index in [1.54, 1.807) is 13.1 Å². The minimum absolute atomic E-state index is 0.0281. The Hall–Kier alpha value is -0.430. The zero-order valence-corrected chi connectivity index (χ0v) is 15.8. The first-order valence-electron chi connectivity index (χ1n) is 7.23. The molecule has 0 saturated heterocycles. The summed E-state index contributed by atoms with van der Waals surface area (Å²) in [5, 5.41) is 3.23. The van der Waals surface area contributed by atoms with Gasteiger partial charge in [0, 0.05) is 24.1 Å². The molecule has 1 atom stereocenters. The number of aryl methyl sites for hydroxylation is 1. The predicted octanol–water partition coefficient (Wildman–Crippen LogP) is 3.29. The maximum Gasteiger partial charge on any atom is 0.244 e. The standard InChI is InChI=1S/C15H25BrN2O2S/c1-6-12(4)18(5)21(19,20)14-9-13(10-17-7-2)8-11(3)15(14)16/h8-9,12,17H,6-7,10H2,1-5H3. The summed E-state index contributed by atoms with van der Waals surface area (Å²) in [4.78, 5) is 0.346. The van der Waals surface area contributed by atoms with E-state index in [0.29, 0.717) is 15.9 Å². The number of hydrogen-bond acceptors (Lipinski definition) is 3. The van der Waals surface area contributed by atoms with E-state index in [1.807, 2.05) is 33.8 Å². The van der Waals surface area contributed by atoms with Crippen molar-refractivity contribution in [3.8, 4) is 0 Å². The Labute approximate surface area is 137 Å². The average Bonchev–Trinajstić information content (AvgIpc) is 2.46. The molecule has 21 heavy (non-hydrogen) atoms. The Balaban J connectivity index is 3.30. The molecule has 6 heteroatoms. The van der Waals surface area contributed by atoms with Gasteiger partial charge in [0.05, 0.1) is 4.90 Å². The van der Waals surface area contributed by atoms with Crippen molar-refractivity contribution in [2.45, 2.75) is 51.6 Å². The van der Waals surface area contributed by atoms with Gasteiger partial charge < -0.3 is 5.32 Å². The summed E-state index contributed by atoms with van der Waals surface area (Å²) in [6.07, 6.45) is 0.781. The molecule has 0 saturated carbocycles. The highest BCUT2D eigenvalue weighted by atomic mass is 79.9. The molecule has 120 valence electrons. The van der Waals surface area contributed by atoms with E-state index in [0.717, 1.165) is 24.1 Å². The minimum Gasteiger partial charge on any atom is -0.313 e. The lowest BCUT2D eigenvalue weighted by atomic mass is 10.1. The second-order valence-corrected chi connectivity index (χ2v) is 8.04. The van der Waals surface area contributed by atoms with Gasteiger partial charge in [0.1, 0.15) is 0 Å². The summed E-state index contributed by atoms with van der Waals surface area (Å²) >= 11 is 3.43. The molecule has 1 aromatic carbocycles. The second kappa shape index (κ2) is 7.72. The van der Waals surface area contributed by atoms with Crippen molar-refractivity contribution < 1.29 is 8.42 Å². The van der Waals surface area contributed by atoms with E-state index < -0.39 is 10.0 Å². The van der Waals surface area contributed by atoms with Crippen molar-refractivity contribution in [3.05, 3.63) is 27.7 Å². The van der Waals surface area contributed by atoms with Gasteiger partial charge in [-0.2, -0.15) is 4.31 Å². The van der Waals surface area contributed by atoms with Crippen LogP contribution in [0.2, 0.25) is 0 Å². The first kappa shape index (κ1) is 18.6. The maximum absolute atomic E-state index is 12.8. The van der Waals surface area contributed by atoms with Crippen molar-refractivity contribution >= 4 is 26.0 Å². The van der Waals surface area contributed by atoms with Gasteiger partial charge in [0.2, 0.25) is 10.0 Å². The number of nitrogens with zero attached hydrogens (tertiary/aromatic N) is 1. The fraction of sp³-hybridized carbons (Fsp3) is 0.600. The van der Waals surface area contributed by atoms with Crippen molar-refractivity contribution in [2.24, 2.45) is 0 Å². The quantitative estimate of drug-likeness (QED) is 0.793. The van der Waals surface area contributed by atoms with Crippen molar-refractivity contribution in [1.82, 2.24) is 9.62 Å². The molecule has 1 rings (SSSR count). The average molecular weight is 377 g/mol. The number of hydrogen-bond donors (Lipinski definition) is 1. The van der Waals surface area contributed by atoms with Gasteiger partial charge in [-0.3, -0.25) is 0 Å².